The molecule has 0 aromatic heterocycles. The lowest BCUT2D eigenvalue weighted by molar-refractivity contribution is -0.112. The van der Waals surface area contributed by atoms with Gasteiger partial charge < -0.3 is 5.11 Å². The molecular weight excluding hydrogens is 188 g/mol. The van der Waals surface area contributed by atoms with Crippen molar-refractivity contribution in [2.75, 3.05) is 0 Å². The monoisotopic (exact) mass is 208 g/mol. The van der Waals surface area contributed by atoms with E-state index in [1.165, 1.54) is 13.0 Å². The Morgan fingerprint density at radius 1 is 1.53 bits per heavy atom. The Bertz CT molecular complexity index is 312. The third-order valence-corrected chi connectivity index (χ3v) is 3.41. The lowest BCUT2D eigenvalue weighted by Gasteiger charge is -2.46. The van der Waals surface area contributed by atoms with Crippen molar-refractivity contribution in [2.45, 2.75) is 45.6 Å². The molecule has 0 amide bonds. The molecule has 0 heterocycles. The Balaban J connectivity index is 3.04. The summed E-state index contributed by atoms with van der Waals surface area (Å²) in [5, 5.41) is 10.6. The molecule has 2 heteroatoms. The molecule has 0 radical (unpaired) electrons. The molecular formula is C13H20O2. The van der Waals surface area contributed by atoms with Gasteiger partial charge in [-0.3, -0.25) is 4.79 Å². The van der Waals surface area contributed by atoms with Gasteiger partial charge in [-0.2, -0.15) is 0 Å². The summed E-state index contributed by atoms with van der Waals surface area (Å²) in [5.41, 5.74) is -0.457. The van der Waals surface area contributed by atoms with Gasteiger partial charge in [0.05, 0.1) is 0 Å². The minimum Gasteiger partial charge on any atom is -0.381 e. The number of allylic oxidation sites excluding steroid dienone is 1. The second-order valence-electron chi connectivity index (χ2n) is 5.05. The van der Waals surface area contributed by atoms with Crippen LogP contribution in [0.4, 0.5) is 0 Å². The minimum atomic E-state index is -1.03. The van der Waals surface area contributed by atoms with E-state index in [9.17, 15) is 9.90 Å². The van der Waals surface area contributed by atoms with Gasteiger partial charge in [-0.25, -0.2) is 0 Å². The number of aliphatic hydroxyl groups is 1. The molecule has 15 heavy (non-hydrogen) atoms. The molecule has 1 N–H and O–H groups in total. The normalized spacial score (nSPS) is 30.8. The zero-order valence-corrected chi connectivity index (χ0v) is 9.84. The fraction of sp³-hybridized carbons (Fsp3) is 0.615. The van der Waals surface area contributed by atoms with Crippen LogP contribution in [0.1, 0.15) is 40.0 Å². The van der Waals surface area contributed by atoms with Gasteiger partial charge >= 0.3 is 0 Å². The van der Waals surface area contributed by atoms with Gasteiger partial charge in [0.15, 0.2) is 5.78 Å². The van der Waals surface area contributed by atoms with Gasteiger partial charge in [0, 0.05) is 5.41 Å². The molecule has 1 fully saturated rings. The Morgan fingerprint density at radius 2 is 2.13 bits per heavy atom. The third-order valence-electron chi connectivity index (χ3n) is 3.41. The van der Waals surface area contributed by atoms with Crippen LogP contribution in [-0.2, 0) is 4.79 Å². The Morgan fingerprint density at radius 3 is 2.60 bits per heavy atom. The molecule has 1 aliphatic carbocycles. The van der Waals surface area contributed by atoms with Crippen LogP contribution in [0.3, 0.4) is 0 Å². The lowest BCUT2D eigenvalue weighted by Crippen LogP contribution is -2.47. The molecule has 1 rings (SSSR count). The predicted octanol–water partition coefficient (Wildman–Crippen LogP) is 2.63. The van der Waals surface area contributed by atoms with Crippen LogP contribution in [-0.4, -0.2) is 16.5 Å². The van der Waals surface area contributed by atoms with Crippen molar-refractivity contribution in [3.63, 3.8) is 0 Å². The maximum atomic E-state index is 10.9. The van der Waals surface area contributed by atoms with Gasteiger partial charge in [-0.1, -0.05) is 20.4 Å². The van der Waals surface area contributed by atoms with Crippen LogP contribution in [0.25, 0.3) is 0 Å². The molecule has 0 saturated heterocycles. The van der Waals surface area contributed by atoms with Gasteiger partial charge in [0.2, 0.25) is 0 Å². The van der Waals surface area contributed by atoms with E-state index in [2.05, 4.69) is 6.58 Å². The average Bonchev–Trinajstić information content (AvgIpc) is 2.11. The number of hydrogen-bond donors (Lipinski definition) is 1. The van der Waals surface area contributed by atoms with Crippen molar-refractivity contribution in [1.82, 2.24) is 0 Å². The van der Waals surface area contributed by atoms with Gasteiger partial charge in [-0.15, -0.1) is 0 Å². The molecule has 0 bridgehead atoms. The highest BCUT2D eigenvalue weighted by Gasteiger charge is 2.45. The van der Waals surface area contributed by atoms with E-state index < -0.39 is 5.60 Å². The van der Waals surface area contributed by atoms with Crippen molar-refractivity contribution in [2.24, 2.45) is 5.41 Å². The molecule has 0 aromatic rings. The van der Waals surface area contributed by atoms with Crippen molar-refractivity contribution in [1.29, 1.82) is 0 Å². The van der Waals surface area contributed by atoms with Crippen LogP contribution in [0, 0.1) is 5.41 Å². The predicted molar refractivity (Wildman–Crippen MR) is 61.5 cm³/mol. The molecule has 84 valence electrons. The highest BCUT2D eigenvalue weighted by atomic mass is 16.3. The van der Waals surface area contributed by atoms with Crippen LogP contribution in [0.2, 0.25) is 0 Å². The van der Waals surface area contributed by atoms with Gasteiger partial charge in [0.25, 0.3) is 0 Å². The van der Waals surface area contributed by atoms with Crippen molar-refractivity contribution < 1.29 is 9.90 Å². The first-order chi connectivity index (χ1) is 6.79. The first kappa shape index (κ1) is 12.2. The lowest BCUT2D eigenvalue weighted by atomic mass is 9.63. The van der Waals surface area contributed by atoms with E-state index in [-0.39, 0.29) is 11.2 Å². The third kappa shape index (κ3) is 2.20. The fourth-order valence-corrected chi connectivity index (χ4v) is 2.18. The molecule has 1 atom stereocenters. The first-order valence-corrected chi connectivity index (χ1v) is 5.40. The topological polar surface area (TPSA) is 37.3 Å². The number of rotatable bonds is 2. The number of carbonyl (C=O) groups is 1. The number of hydrogen-bond acceptors (Lipinski definition) is 2. The molecule has 2 nitrogen and oxygen atoms in total. The zero-order chi connectivity index (χ0) is 11.7. The molecule has 1 unspecified atom stereocenters. The average molecular weight is 208 g/mol. The smallest absolute Gasteiger partial charge is 0.152 e. The van der Waals surface area contributed by atoms with Crippen LogP contribution in [0.15, 0.2) is 24.3 Å². The summed E-state index contributed by atoms with van der Waals surface area (Å²) < 4.78 is 0. The maximum Gasteiger partial charge on any atom is 0.152 e. The van der Waals surface area contributed by atoms with E-state index in [0.29, 0.717) is 0 Å². The summed E-state index contributed by atoms with van der Waals surface area (Å²) in [6.07, 6.45) is 5.89. The van der Waals surface area contributed by atoms with Gasteiger partial charge in [-0.05, 0) is 43.9 Å². The minimum absolute atomic E-state index is 0.0439. The van der Waals surface area contributed by atoms with Crippen LogP contribution < -0.4 is 0 Å². The van der Waals surface area contributed by atoms with E-state index in [0.717, 1.165) is 24.8 Å². The van der Waals surface area contributed by atoms with E-state index in [4.69, 9.17) is 0 Å². The molecule has 0 spiro atoms. The fourth-order valence-electron chi connectivity index (χ4n) is 2.18. The summed E-state index contributed by atoms with van der Waals surface area (Å²) in [4.78, 5) is 10.9. The van der Waals surface area contributed by atoms with Gasteiger partial charge in [0.1, 0.15) is 5.60 Å². The molecule has 0 aliphatic heterocycles. The molecule has 0 aromatic carbocycles. The number of ketones is 1. The largest absolute Gasteiger partial charge is 0.381 e. The maximum absolute atomic E-state index is 10.9. The summed E-state index contributed by atoms with van der Waals surface area (Å²) in [5.74, 6) is -0.0439. The highest BCUT2D eigenvalue weighted by Crippen LogP contribution is 2.47. The van der Waals surface area contributed by atoms with Crippen molar-refractivity contribution >= 4 is 5.78 Å². The second-order valence-corrected chi connectivity index (χ2v) is 5.05. The Labute approximate surface area is 91.7 Å². The molecule has 1 saturated carbocycles. The summed E-state index contributed by atoms with van der Waals surface area (Å²) >= 11 is 0. The van der Waals surface area contributed by atoms with Crippen molar-refractivity contribution in [3.8, 4) is 0 Å². The molecule has 1 aliphatic rings. The standard InChI is InChI=1S/C13H20O2/c1-10-6-5-8-12(3,4)13(10,15)9-7-11(2)14/h7,9,15H,1,5-6,8H2,2-4H3. The summed E-state index contributed by atoms with van der Waals surface area (Å²) in [7, 11) is 0. The Kier molecular flexibility index (Phi) is 3.19. The SMILES string of the molecule is C=C1CCCC(C)(C)C1(O)C=CC(C)=O. The first-order valence-electron chi connectivity index (χ1n) is 5.40. The summed E-state index contributed by atoms with van der Waals surface area (Å²) in [6, 6.07) is 0. The van der Waals surface area contributed by atoms with Crippen LogP contribution >= 0.6 is 0 Å². The van der Waals surface area contributed by atoms with Crippen LogP contribution in [0.5, 0.6) is 0 Å². The van der Waals surface area contributed by atoms with E-state index in [1.54, 1.807) is 6.08 Å². The Hall–Kier alpha value is -0.890. The summed E-state index contributed by atoms with van der Waals surface area (Å²) in [6.45, 7) is 9.44. The highest BCUT2D eigenvalue weighted by molar-refractivity contribution is 5.87. The van der Waals surface area contributed by atoms with E-state index >= 15 is 0 Å². The number of carbonyl (C=O) groups excluding carboxylic acids is 1. The quantitative estimate of drug-likeness (QED) is 0.559. The van der Waals surface area contributed by atoms with Crippen molar-refractivity contribution in [3.05, 3.63) is 24.3 Å². The second kappa shape index (κ2) is 3.93. The zero-order valence-electron chi connectivity index (χ0n) is 9.84. The van der Waals surface area contributed by atoms with E-state index in [1.807, 2.05) is 13.8 Å².